The van der Waals surface area contributed by atoms with Crippen molar-refractivity contribution >= 4 is 11.6 Å². The van der Waals surface area contributed by atoms with Gasteiger partial charge in [0.15, 0.2) is 0 Å². The third kappa shape index (κ3) is 3.55. The van der Waals surface area contributed by atoms with Gasteiger partial charge in [0.1, 0.15) is 17.9 Å². The smallest absolute Gasteiger partial charge is 0.258 e. The first-order valence-corrected chi connectivity index (χ1v) is 7.32. The van der Waals surface area contributed by atoms with Gasteiger partial charge in [0, 0.05) is 18.2 Å². The van der Waals surface area contributed by atoms with Crippen LogP contribution < -0.4 is 10.2 Å². The van der Waals surface area contributed by atoms with Crippen LogP contribution in [-0.4, -0.2) is 31.8 Å². The summed E-state index contributed by atoms with van der Waals surface area (Å²) in [7, 11) is 0. The summed E-state index contributed by atoms with van der Waals surface area (Å²) in [5.41, 5.74) is 0.451. The molecule has 1 aliphatic rings. The number of ether oxygens (including phenoxy) is 1. The van der Waals surface area contributed by atoms with Crippen LogP contribution in [0, 0.1) is 11.6 Å². The lowest BCUT2D eigenvalue weighted by molar-refractivity contribution is 0.0887. The van der Waals surface area contributed by atoms with Crippen LogP contribution in [0.4, 0.5) is 14.5 Å². The lowest BCUT2D eigenvalue weighted by Gasteiger charge is -2.26. The second kappa shape index (κ2) is 6.85. The molecule has 1 unspecified atom stereocenters. The van der Waals surface area contributed by atoms with E-state index in [4.69, 9.17) is 4.74 Å². The molecule has 1 atom stereocenters. The molecule has 0 aliphatic carbocycles. The van der Waals surface area contributed by atoms with Gasteiger partial charge in [0.2, 0.25) is 0 Å². The van der Waals surface area contributed by atoms with Crippen LogP contribution in [-0.2, 0) is 4.74 Å². The number of rotatable bonds is 4. The van der Waals surface area contributed by atoms with E-state index >= 15 is 0 Å². The van der Waals surface area contributed by atoms with E-state index in [2.05, 4.69) is 5.32 Å². The Morgan fingerprint density at radius 2 is 2.00 bits per heavy atom. The van der Waals surface area contributed by atoms with Crippen LogP contribution in [0.25, 0.3) is 0 Å². The third-order valence-corrected chi connectivity index (χ3v) is 3.61. The van der Waals surface area contributed by atoms with E-state index in [0.717, 1.165) is 12.1 Å². The average molecular weight is 318 g/mol. The van der Waals surface area contributed by atoms with Gasteiger partial charge in [-0.25, -0.2) is 8.78 Å². The molecule has 1 saturated heterocycles. The Balaban J connectivity index is 1.94. The van der Waals surface area contributed by atoms with Crippen LogP contribution in [0.1, 0.15) is 10.4 Å². The number of halogens is 2. The minimum Gasteiger partial charge on any atom is -0.360 e. The number of nitrogens with zero attached hydrogens (tertiary/aromatic N) is 1. The Kier molecular flexibility index (Phi) is 4.64. The van der Waals surface area contributed by atoms with Crippen molar-refractivity contribution in [2.45, 2.75) is 6.23 Å². The fourth-order valence-corrected chi connectivity index (χ4v) is 2.49. The van der Waals surface area contributed by atoms with Gasteiger partial charge in [-0.3, -0.25) is 10.1 Å². The normalized spacial score (nSPS) is 17.2. The largest absolute Gasteiger partial charge is 0.360 e. The summed E-state index contributed by atoms with van der Waals surface area (Å²) < 4.78 is 32.8. The van der Waals surface area contributed by atoms with Crippen molar-refractivity contribution in [3.8, 4) is 0 Å². The van der Waals surface area contributed by atoms with Crippen LogP contribution in [0.5, 0.6) is 0 Å². The van der Waals surface area contributed by atoms with Crippen LogP contribution >= 0.6 is 0 Å². The highest BCUT2D eigenvalue weighted by Crippen LogP contribution is 2.23. The maximum atomic E-state index is 14.2. The fraction of sp³-hybridized carbons (Fsp3) is 0.235. The number of nitrogens with one attached hydrogen (secondary N) is 1. The molecule has 0 bridgehead atoms. The molecule has 1 amide bonds. The summed E-state index contributed by atoms with van der Waals surface area (Å²) in [6.07, 6.45) is -0.382. The monoisotopic (exact) mass is 318 g/mol. The summed E-state index contributed by atoms with van der Waals surface area (Å²) in [5.74, 6) is -1.84. The molecule has 1 heterocycles. The molecule has 0 radical (unpaired) electrons. The van der Waals surface area contributed by atoms with Crippen molar-refractivity contribution in [2.75, 3.05) is 24.6 Å². The highest BCUT2D eigenvalue weighted by atomic mass is 19.1. The molecule has 0 saturated carbocycles. The van der Waals surface area contributed by atoms with Gasteiger partial charge in [0.25, 0.3) is 5.91 Å². The number of amides is 1. The summed E-state index contributed by atoms with van der Waals surface area (Å²) in [6.45, 7) is 1.34. The van der Waals surface area contributed by atoms with Gasteiger partial charge >= 0.3 is 0 Å². The number of anilines is 1. The molecular formula is C17H16F2N2O2. The molecule has 1 aliphatic heterocycles. The first-order chi connectivity index (χ1) is 11.1. The number of benzene rings is 2. The zero-order valence-corrected chi connectivity index (χ0v) is 12.3. The maximum Gasteiger partial charge on any atom is 0.258 e. The summed E-state index contributed by atoms with van der Waals surface area (Å²) in [5, 5.41) is 3.08. The van der Waals surface area contributed by atoms with E-state index in [-0.39, 0.29) is 24.4 Å². The predicted molar refractivity (Wildman–Crippen MR) is 82.2 cm³/mol. The van der Waals surface area contributed by atoms with Crippen molar-refractivity contribution in [1.29, 1.82) is 0 Å². The number of hydrogen-bond donors (Lipinski definition) is 1. The number of hydrogen-bond acceptors (Lipinski definition) is 3. The van der Waals surface area contributed by atoms with E-state index in [9.17, 15) is 13.6 Å². The summed E-state index contributed by atoms with van der Waals surface area (Å²) in [6, 6.07) is 11.7. The van der Waals surface area contributed by atoms with Crippen molar-refractivity contribution in [3.05, 3.63) is 65.7 Å². The van der Waals surface area contributed by atoms with Crippen LogP contribution in [0.15, 0.2) is 48.5 Å². The van der Waals surface area contributed by atoms with Gasteiger partial charge in [-0.2, -0.15) is 0 Å². The van der Waals surface area contributed by atoms with Crippen molar-refractivity contribution in [3.63, 3.8) is 0 Å². The standard InChI is InChI=1S/C17H16F2N2O2/c18-13-6-7-15(14(19)10-13)21(11-16-20-8-9-23-16)17(22)12-4-2-1-3-5-12/h1-7,10,16,20H,8-9,11H2. The topological polar surface area (TPSA) is 41.6 Å². The van der Waals surface area contributed by atoms with E-state index in [1.54, 1.807) is 30.3 Å². The number of carbonyl (C=O) groups excluding carboxylic acids is 1. The molecule has 3 rings (SSSR count). The molecule has 2 aromatic carbocycles. The Hall–Kier alpha value is -2.31. The lowest BCUT2D eigenvalue weighted by Crippen LogP contribution is -2.42. The quantitative estimate of drug-likeness (QED) is 0.942. The summed E-state index contributed by atoms with van der Waals surface area (Å²) in [4.78, 5) is 14.0. The second-order valence-electron chi connectivity index (χ2n) is 5.19. The average Bonchev–Trinajstić information content (AvgIpc) is 3.07. The van der Waals surface area contributed by atoms with E-state index in [0.29, 0.717) is 18.7 Å². The highest BCUT2D eigenvalue weighted by Gasteiger charge is 2.26. The first kappa shape index (κ1) is 15.6. The Morgan fingerprint density at radius 3 is 2.65 bits per heavy atom. The molecule has 6 heteroatoms. The first-order valence-electron chi connectivity index (χ1n) is 7.32. The van der Waals surface area contributed by atoms with Gasteiger partial charge in [-0.1, -0.05) is 18.2 Å². The van der Waals surface area contributed by atoms with Gasteiger partial charge in [-0.05, 0) is 24.3 Å². The minimum atomic E-state index is -0.785. The van der Waals surface area contributed by atoms with Crippen LogP contribution in [0.2, 0.25) is 0 Å². The van der Waals surface area contributed by atoms with Crippen molar-refractivity contribution < 1.29 is 18.3 Å². The van der Waals surface area contributed by atoms with E-state index < -0.39 is 11.6 Å². The minimum absolute atomic E-state index is 0.0255. The Labute approximate surface area is 132 Å². The van der Waals surface area contributed by atoms with Crippen molar-refractivity contribution in [2.24, 2.45) is 0 Å². The Bertz CT molecular complexity index is 688. The molecule has 1 fully saturated rings. The molecule has 0 spiro atoms. The van der Waals surface area contributed by atoms with Gasteiger partial charge in [-0.15, -0.1) is 0 Å². The lowest BCUT2D eigenvalue weighted by atomic mass is 10.1. The van der Waals surface area contributed by atoms with Gasteiger partial charge < -0.3 is 9.64 Å². The zero-order chi connectivity index (χ0) is 16.2. The highest BCUT2D eigenvalue weighted by molar-refractivity contribution is 6.06. The SMILES string of the molecule is O=C(c1ccccc1)N(CC1NCCO1)c1ccc(F)cc1F. The van der Waals surface area contributed by atoms with Crippen LogP contribution in [0.3, 0.4) is 0 Å². The fourth-order valence-electron chi connectivity index (χ4n) is 2.49. The van der Waals surface area contributed by atoms with Crippen molar-refractivity contribution in [1.82, 2.24) is 5.32 Å². The third-order valence-electron chi connectivity index (χ3n) is 3.61. The zero-order valence-electron chi connectivity index (χ0n) is 12.3. The van der Waals surface area contributed by atoms with E-state index in [1.807, 2.05) is 0 Å². The van der Waals surface area contributed by atoms with E-state index in [1.165, 1.54) is 11.0 Å². The maximum absolute atomic E-state index is 14.2. The summed E-state index contributed by atoms with van der Waals surface area (Å²) >= 11 is 0. The molecule has 2 aromatic rings. The molecular weight excluding hydrogens is 302 g/mol. The molecule has 1 N–H and O–H groups in total. The molecule has 4 nitrogen and oxygen atoms in total. The Morgan fingerprint density at radius 1 is 1.22 bits per heavy atom. The number of carbonyl (C=O) groups is 1. The second-order valence-corrected chi connectivity index (χ2v) is 5.19. The predicted octanol–water partition coefficient (Wildman–Crippen LogP) is 2.56. The molecule has 0 aromatic heterocycles. The molecule has 23 heavy (non-hydrogen) atoms. The molecule has 120 valence electrons. The van der Waals surface area contributed by atoms with Gasteiger partial charge in [0.05, 0.1) is 18.8 Å².